The lowest BCUT2D eigenvalue weighted by molar-refractivity contribution is 0.375. The minimum absolute atomic E-state index is 0. The van der Waals surface area contributed by atoms with Crippen LogP contribution >= 0.6 is 12.4 Å². The predicted molar refractivity (Wildman–Crippen MR) is 115 cm³/mol. The molecule has 1 aromatic heterocycles. The molecule has 0 aliphatic heterocycles. The molecule has 27 heavy (non-hydrogen) atoms. The second-order valence-corrected chi connectivity index (χ2v) is 7.18. The molecule has 5 heteroatoms. The maximum atomic E-state index is 5.51. The van der Waals surface area contributed by atoms with Crippen LogP contribution < -0.4 is 5.73 Å². The van der Waals surface area contributed by atoms with E-state index < -0.39 is 0 Å². The average molecular weight is 394 g/mol. The molecule has 0 aliphatic carbocycles. The van der Waals surface area contributed by atoms with Crippen LogP contribution in [-0.2, 0) is 12.8 Å². The van der Waals surface area contributed by atoms with E-state index >= 15 is 0 Å². The third-order valence-electron chi connectivity index (χ3n) is 4.84. The largest absolute Gasteiger partial charge is 0.339 e. The Hall–Kier alpha value is -1.39. The fourth-order valence-electron chi connectivity index (χ4n) is 3.18. The van der Waals surface area contributed by atoms with Gasteiger partial charge in [-0.2, -0.15) is 4.98 Å². The summed E-state index contributed by atoms with van der Waals surface area (Å²) in [5, 5.41) is 4.09. The van der Waals surface area contributed by atoms with Crippen LogP contribution in [0.1, 0.15) is 82.6 Å². The van der Waals surface area contributed by atoms with Gasteiger partial charge in [0.2, 0.25) is 11.7 Å². The number of benzene rings is 1. The standard InChI is InChI=1S/C22H35N3O.ClH/c1-2-3-4-5-6-7-8-9-12-19-14-16-20(17-15-19)22-24-21(26-25-22)13-10-11-18-23;/h14-17H,2-13,18,23H2,1H3;1H. The van der Waals surface area contributed by atoms with E-state index in [-0.39, 0.29) is 12.4 Å². The molecule has 0 fully saturated rings. The molecule has 0 aliphatic rings. The van der Waals surface area contributed by atoms with Gasteiger partial charge in [0.15, 0.2) is 0 Å². The van der Waals surface area contributed by atoms with Crippen LogP contribution in [0.25, 0.3) is 11.4 Å². The van der Waals surface area contributed by atoms with Crippen LogP contribution in [0.15, 0.2) is 28.8 Å². The SMILES string of the molecule is CCCCCCCCCCc1ccc(-c2noc(CCCCN)n2)cc1.Cl. The maximum Gasteiger partial charge on any atom is 0.226 e. The molecule has 0 atom stereocenters. The van der Waals surface area contributed by atoms with Crippen molar-refractivity contribution in [2.75, 3.05) is 6.54 Å². The highest BCUT2D eigenvalue weighted by molar-refractivity contribution is 5.85. The first-order chi connectivity index (χ1) is 12.8. The van der Waals surface area contributed by atoms with Crippen molar-refractivity contribution in [3.63, 3.8) is 0 Å². The van der Waals surface area contributed by atoms with Gasteiger partial charge in [0.25, 0.3) is 0 Å². The Morgan fingerprint density at radius 2 is 1.44 bits per heavy atom. The van der Waals surface area contributed by atoms with Crippen molar-refractivity contribution in [3.05, 3.63) is 35.7 Å². The summed E-state index contributed by atoms with van der Waals surface area (Å²) in [6, 6.07) is 8.60. The molecule has 1 aromatic carbocycles. The molecule has 0 amide bonds. The van der Waals surface area contributed by atoms with Crippen LogP contribution in [0.3, 0.4) is 0 Å². The van der Waals surface area contributed by atoms with Crippen molar-refractivity contribution < 1.29 is 4.52 Å². The molecule has 2 rings (SSSR count). The third kappa shape index (κ3) is 9.39. The quantitative estimate of drug-likeness (QED) is 0.392. The van der Waals surface area contributed by atoms with Crippen molar-refractivity contribution in [1.29, 1.82) is 0 Å². The van der Waals surface area contributed by atoms with Gasteiger partial charge >= 0.3 is 0 Å². The number of aromatic nitrogens is 2. The van der Waals surface area contributed by atoms with E-state index in [2.05, 4.69) is 41.3 Å². The molecule has 0 spiro atoms. The number of unbranched alkanes of at least 4 members (excludes halogenated alkanes) is 8. The van der Waals surface area contributed by atoms with Crippen LogP contribution in [0.5, 0.6) is 0 Å². The predicted octanol–water partition coefficient (Wildman–Crippen LogP) is 6.12. The van der Waals surface area contributed by atoms with Gasteiger partial charge in [-0.05, 0) is 37.8 Å². The van der Waals surface area contributed by atoms with E-state index in [4.69, 9.17) is 10.3 Å². The molecule has 0 radical (unpaired) electrons. The normalized spacial score (nSPS) is 10.7. The highest BCUT2D eigenvalue weighted by Gasteiger charge is 2.08. The molecular formula is C22H36ClN3O. The zero-order valence-corrected chi connectivity index (χ0v) is 17.6. The molecule has 2 N–H and O–H groups in total. The summed E-state index contributed by atoms with van der Waals surface area (Å²) in [5.74, 6) is 1.39. The van der Waals surface area contributed by atoms with E-state index in [0.717, 1.165) is 31.2 Å². The lowest BCUT2D eigenvalue weighted by Crippen LogP contribution is -1.99. The molecule has 0 bridgehead atoms. The second-order valence-electron chi connectivity index (χ2n) is 7.18. The van der Waals surface area contributed by atoms with Gasteiger partial charge < -0.3 is 10.3 Å². The lowest BCUT2D eigenvalue weighted by Gasteiger charge is -2.03. The van der Waals surface area contributed by atoms with E-state index in [9.17, 15) is 0 Å². The Kier molecular flexibility index (Phi) is 12.8. The van der Waals surface area contributed by atoms with Crippen LogP contribution in [-0.4, -0.2) is 16.7 Å². The smallest absolute Gasteiger partial charge is 0.226 e. The summed E-state index contributed by atoms with van der Waals surface area (Å²) in [5.41, 5.74) is 7.93. The van der Waals surface area contributed by atoms with Crippen LogP contribution in [0.2, 0.25) is 0 Å². The summed E-state index contributed by atoms with van der Waals surface area (Å²) in [6.07, 6.45) is 14.9. The minimum Gasteiger partial charge on any atom is -0.339 e. The third-order valence-corrected chi connectivity index (χ3v) is 4.84. The van der Waals surface area contributed by atoms with Gasteiger partial charge in [-0.3, -0.25) is 0 Å². The minimum atomic E-state index is 0. The van der Waals surface area contributed by atoms with Gasteiger partial charge in [-0.15, -0.1) is 12.4 Å². The number of aryl methyl sites for hydroxylation is 2. The Morgan fingerprint density at radius 1 is 0.815 bits per heavy atom. The Balaban J connectivity index is 0.00000364. The Morgan fingerprint density at radius 3 is 2.11 bits per heavy atom. The first kappa shape index (κ1) is 23.6. The number of nitrogens with two attached hydrogens (primary N) is 1. The van der Waals surface area contributed by atoms with E-state index in [1.807, 2.05) is 0 Å². The van der Waals surface area contributed by atoms with Crippen molar-refractivity contribution >= 4 is 12.4 Å². The number of rotatable bonds is 14. The molecular weight excluding hydrogens is 358 g/mol. The maximum absolute atomic E-state index is 5.51. The number of hydrogen-bond donors (Lipinski definition) is 1. The van der Waals surface area contributed by atoms with Crippen molar-refractivity contribution in [1.82, 2.24) is 10.1 Å². The lowest BCUT2D eigenvalue weighted by atomic mass is 10.0. The molecule has 0 unspecified atom stereocenters. The van der Waals surface area contributed by atoms with Gasteiger partial charge in [-0.1, -0.05) is 81.3 Å². The van der Waals surface area contributed by atoms with Crippen molar-refractivity contribution in [2.24, 2.45) is 5.73 Å². The first-order valence-corrected chi connectivity index (χ1v) is 10.5. The molecule has 1 heterocycles. The van der Waals surface area contributed by atoms with Crippen LogP contribution in [0, 0.1) is 0 Å². The fourth-order valence-corrected chi connectivity index (χ4v) is 3.18. The van der Waals surface area contributed by atoms with Crippen molar-refractivity contribution in [2.45, 2.75) is 84.0 Å². The van der Waals surface area contributed by atoms with Gasteiger partial charge in [0.05, 0.1) is 0 Å². The number of hydrogen-bond acceptors (Lipinski definition) is 4. The first-order valence-electron chi connectivity index (χ1n) is 10.5. The zero-order valence-electron chi connectivity index (χ0n) is 16.8. The average Bonchev–Trinajstić information content (AvgIpc) is 3.13. The fraction of sp³-hybridized carbons (Fsp3) is 0.636. The Bertz CT molecular complexity index is 598. The summed E-state index contributed by atoms with van der Waals surface area (Å²) >= 11 is 0. The van der Waals surface area contributed by atoms with E-state index in [1.54, 1.807) is 0 Å². The highest BCUT2D eigenvalue weighted by Crippen LogP contribution is 2.18. The molecule has 0 saturated heterocycles. The van der Waals surface area contributed by atoms with Crippen LogP contribution in [0.4, 0.5) is 0 Å². The Labute approximate surface area is 170 Å². The molecule has 2 aromatic rings. The monoisotopic (exact) mass is 393 g/mol. The summed E-state index contributed by atoms with van der Waals surface area (Å²) in [4.78, 5) is 4.48. The van der Waals surface area contributed by atoms with E-state index in [1.165, 1.54) is 56.9 Å². The highest BCUT2D eigenvalue weighted by atomic mass is 35.5. The zero-order chi connectivity index (χ0) is 18.5. The number of nitrogens with zero attached hydrogens (tertiary/aromatic N) is 2. The second kappa shape index (κ2) is 14.6. The topological polar surface area (TPSA) is 64.9 Å². The van der Waals surface area contributed by atoms with Crippen molar-refractivity contribution in [3.8, 4) is 11.4 Å². The van der Waals surface area contributed by atoms with Gasteiger partial charge in [0, 0.05) is 12.0 Å². The van der Waals surface area contributed by atoms with Gasteiger partial charge in [-0.25, -0.2) is 0 Å². The summed E-state index contributed by atoms with van der Waals surface area (Å²) in [6.45, 7) is 2.98. The summed E-state index contributed by atoms with van der Waals surface area (Å²) < 4.78 is 5.32. The molecule has 0 saturated carbocycles. The van der Waals surface area contributed by atoms with Gasteiger partial charge in [0.1, 0.15) is 0 Å². The molecule has 4 nitrogen and oxygen atoms in total. The number of halogens is 1. The molecule has 152 valence electrons. The summed E-state index contributed by atoms with van der Waals surface area (Å²) in [7, 11) is 0. The van der Waals surface area contributed by atoms with E-state index in [0.29, 0.717) is 18.3 Å².